The molecule has 0 saturated heterocycles. The number of imidazole rings is 1. The number of esters is 1. The van der Waals surface area contributed by atoms with Gasteiger partial charge < -0.3 is 14.0 Å². The fourth-order valence-electron chi connectivity index (χ4n) is 2.24. The Balaban J connectivity index is 2.00. The van der Waals surface area contributed by atoms with Crippen LogP contribution in [0, 0.1) is 0 Å². The van der Waals surface area contributed by atoms with Crippen LogP contribution in [0.4, 0.5) is 0 Å². The zero-order chi connectivity index (χ0) is 18.7. The molecule has 1 atom stereocenters. The first-order chi connectivity index (χ1) is 12.5. The van der Waals surface area contributed by atoms with Gasteiger partial charge in [0.1, 0.15) is 5.75 Å². The zero-order valence-electron chi connectivity index (χ0n) is 14.0. The van der Waals surface area contributed by atoms with Crippen LogP contribution in [0.1, 0.15) is 23.0 Å². The van der Waals surface area contributed by atoms with Gasteiger partial charge in [0.25, 0.3) is 0 Å². The van der Waals surface area contributed by atoms with Crippen LogP contribution in [0.2, 0.25) is 5.02 Å². The maximum Gasteiger partial charge on any atom is 0.362 e. The van der Waals surface area contributed by atoms with Gasteiger partial charge in [-0.25, -0.2) is 9.20 Å². The summed E-state index contributed by atoms with van der Waals surface area (Å²) in [5.74, 6) is -0.205. The van der Waals surface area contributed by atoms with Gasteiger partial charge >= 0.3 is 11.1 Å². The monoisotopic (exact) mass is 394 g/mol. The first kappa shape index (κ1) is 18.4. The first-order valence-electron chi connectivity index (χ1n) is 7.63. The minimum atomic E-state index is -1.53. The standard InChI is InChI=1S/C16H15ClN4O4S/c1-3-25-15(22)13-14-18-12(24-2)8-21(14)16(20-19-13)26(23)9-10-4-6-11(17)7-5-10/h4-8H,3,9H2,1-2H3. The predicted octanol–water partition coefficient (Wildman–Crippen LogP) is 2.27. The number of hydrogen-bond donors (Lipinski definition) is 0. The molecule has 0 fully saturated rings. The minimum absolute atomic E-state index is 0.0672. The van der Waals surface area contributed by atoms with E-state index in [-0.39, 0.29) is 34.7 Å². The smallest absolute Gasteiger partial charge is 0.362 e. The highest BCUT2D eigenvalue weighted by Gasteiger charge is 2.26. The van der Waals surface area contributed by atoms with Gasteiger partial charge in [-0.2, -0.15) is 4.98 Å². The molecule has 0 spiro atoms. The maximum atomic E-state index is 12.8. The molecule has 3 aromatic rings. The number of hydrogen-bond acceptors (Lipinski definition) is 7. The molecule has 0 aliphatic heterocycles. The first-order valence-corrected chi connectivity index (χ1v) is 9.33. The second-order valence-corrected chi connectivity index (χ2v) is 6.93. The number of nitrogens with zero attached hydrogens (tertiary/aromatic N) is 4. The van der Waals surface area contributed by atoms with Gasteiger partial charge in [-0.15, -0.1) is 5.10 Å². The number of rotatable bonds is 6. The van der Waals surface area contributed by atoms with E-state index < -0.39 is 17.1 Å². The number of benzene rings is 1. The number of carbonyl (C=O) groups is 1. The molecule has 0 amide bonds. The Kier molecular flexibility index (Phi) is 5.60. The molecule has 8 nitrogen and oxygen atoms in total. The number of aromatic nitrogens is 4. The summed E-state index contributed by atoms with van der Waals surface area (Å²) < 4.78 is 24.3. The zero-order valence-corrected chi connectivity index (χ0v) is 15.6. The highest BCUT2D eigenvalue weighted by atomic mass is 35.5. The van der Waals surface area contributed by atoms with Crippen LogP contribution in [0.15, 0.2) is 35.6 Å². The van der Waals surface area contributed by atoms with Crippen LogP contribution in [-0.2, 0) is 21.7 Å². The molecule has 3 rings (SSSR count). The molecule has 0 aliphatic carbocycles. The summed E-state index contributed by atoms with van der Waals surface area (Å²) in [6, 6.07) is 7.01. The van der Waals surface area contributed by atoms with Gasteiger partial charge in [0.2, 0.25) is 11.6 Å². The fraction of sp³-hybridized carbons (Fsp3) is 0.250. The molecule has 1 aromatic carbocycles. The van der Waals surface area contributed by atoms with E-state index in [1.54, 1.807) is 31.2 Å². The lowest BCUT2D eigenvalue weighted by atomic mass is 10.2. The molecule has 1 unspecified atom stereocenters. The number of ether oxygens (including phenoxy) is 2. The minimum Gasteiger partial charge on any atom is -0.609 e. The molecule has 0 bridgehead atoms. The van der Waals surface area contributed by atoms with Crippen molar-refractivity contribution in [2.24, 2.45) is 0 Å². The van der Waals surface area contributed by atoms with Gasteiger partial charge in [-0.3, -0.25) is 0 Å². The van der Waals surface area contributed by atoms with Crippen LogP contribution >= 0.6 is 11.6 Å². The van der Waals surface area contributed by atoms with E-state index in [0.717, 1.165) is 5.56 Å². The van der Waals surface area contributed by atoms with Gasteiger partial charge in [0, 0.05) is 21.8 Å². The van der Waals surface area contributed by atoms with E-state index >= 15 is 0 Å². The predicted molar refractivity (Wildman–Crippen MR) is 94.9 cm³/mol. The second-order valence-electron chi connectivity index (χ2n) is 5.14. The summed E-state index contributed by atoms with van der Waals surface area (Å²) in [5.41, 5.74) is 0.932. The van der Waals surface area contributed by atoms with E-state index in [4.69, 9.17) is 21.1 Å². The molecule has 10 heteroatoms. The summed E-state index contributed by atoms with van der Waals surface area (Å²) in [7, 11) is 1.44. The Morgan fingerprint density at radius 2 is 2.04 bits per heavy atom. The van der Waals surface area contributed by atoms with Crippen LogP contribution in [0.5, 0.6) is 5.88 Å². The molecule has 0 saturated carbocycles. The molecule has 0 aliphatic rings. The number of methoxy groups -OCH3 is 1. The second kappa shape index (κ2) is 7.90. The van der Waals surface area contributed by atoms with Crippen molar-refractivity contribution in [3.8, 4) is 5.88 Å². The van der Waals surface area contributed by atoms with Crippen LogP contribution in [-0.4, -0.2) is 43.8 Å². The molecular formula is C16H15ClN4O4S. The van der Waals surface area contributed by atoms with Crippen molar-refractivity contribution in [2.75, 3.05) is 13.7 Å². The van der Waals surface area contributed by atoms with Crippen LogP contribution in [0.25, 0.3) is 5.65 Å². The Hall–Kier alpha value is -2.36. The van der Waals surface area contributed by atoms with E-state index in [0.29, 0.717) is 5.02 Å². The quantitative estimate of drug-likeness (QED) is 0.466. The number of halogens is 1. The van der Waals surface area contributed by atoms with Crippen molar-refractivity contribution in [1.82, 2.24) is 19.6 Å². The SMILES string of the molecule is CCOC(=O)c1nnc([S+]([O-])Cc2ccc(Cl)cc2)n2cc(OC)nc12. The summed E-state index contributed by atoms with van der Waals surface area (Å²) >= 11 is 4.34. The van der Waals surface area contributed by atoms with E-state index in [9.17, 15) is 9.35 Å². The molecule has 26 heavy (non-hydrogen) atoms. The van der Waals surface area contributed by atoms with Gasteiger partial charge in [0.05, 0.1) is 19.9 Å². The number of fused-ring (bicyclic) bond motifs is 1. The largest absolute Gasteiger partial charge is 0.609 e. The summed E-state index contributed by atoms with van der Waals surface area (Å²) in [6.07, 6.45) is 1.50. The maximum absolute atomic E-state index is 12.8. The van der Waals surface area contributed by atoms with Crippen molar-refractivity contribution in [3.05, 3.63) is 46.7 Å². The summed E-state index contributed by atoms with van der Waals surface area (Å²) in [5, 5.41) is 8.58. The Labute approximate surface area is 157 Å². The Morgan fingerprint density at radius 1 is 1.31 bits per heavy atom. The third-order valence-corrected chi connectivity index (χ3v) is 4.96. The van der Waals surface area contributed by atoms with Gasteiger partial charge in [0.15, 0.2) is 5.65 Å². The van der Waals surface area contributed by atoms with Crippen molar-refractivity contribution < 1.29 is 18.8 Å². The molecule has 136 valence electrons. The van der Waals surface area contributed by atoms with Crippen LogP contribution in [0.3, 0.4) is 0 Å². The number of carbonyl (C=O) groups excluding carboxylic acids is 1. The summed E-state index contributed by atoms with van der Waals surface area (Å²) in [6.45, 7) is 1.87. The molecule has 2 heterocycles. The molecule has 0 radical (unpaired) electrons. The van der Waals surface area contributed by atoms with Crippen molar-refractivity contribution in [3.63, 3.8) is 0 Å². The summed E-state index contributed by atoms with van der Waals surface area (Å²) in [4.78, 5) is 16.2. The fourth-order valence-corrected chi connectivity index (χ4v) is 3.48. The third kappa shape index (κ3) is 3.74. The average Bonchev–Trinajstić information content (AvgIpc) is 3.07. The van der Waals surface area contributed by atoms with Gasteiger partial charge in [-0.05, 0) is 19.1 Å². The lowest BCUT2D eigenvalue weighted by Crippen LogP contribution is -2.17. The van der Waals surface area contributed by atoms with E-state index in [1.165, 1.54) is 17.7 Å². The highest BCUT2D eigenvalue weighted by molar-refractivity contribution is 7.90. The Bertz CT molecular complexity index is 932. The molecule has 0 N–H and O–H groups in total. The molecule has 2 aromatic heterocycles. The third-order valence-electron chi connectivity index (χ3n) is 3.43. The van der Waals surface area contributed by atoms with Crippen molar-refractivity contribution in [2.45, 2.75) is 17.8 Å². The van der Waals surface area contributed by atoms with Crippen LogP contribution < -0.4 is 4.74 Å². The average molecular weight is 395 g/mol. The lowest BCUT2D eigenvalue weighted by Gasteiger charge is -2.11. The van der Waals surface area contributed by atoms with Gasteiger partial charge in [-0.1, -0.05) is 28.8 Å². The van der Waals surface area contributed by atoms with E-state index in [1.807, 2.05) is 0 Å². The topological polar surface area (TPSA) is 102 Å². The molecular weight excluding hydrogens is 380 g/mol. The van der Waals surface area contributed by atoms with Crippen molar-refractivity contribution in [1.29, 1.82) is 0 Å². The van der Waals surface area contributed by atoms with E-state index in [2.05, 4.69) is 15.2 Å². The highest BCUT2D eigenvalue weighted by Crippen LogP contribution is 2.21. The lowest BCUT2D eigenvalue weighted by molar-refractivity contribution is 0.0519. The normalized spacial score (nSPS) is 12.2. The van der Waals surface area contributed by atoms with Crippen molar-refractivity contribution >= 4 is 34.4 Å². The Morgan fingerprint density at radius 3 is 2.69 bits per heavy atom.